The van der Waals surface area contributed by atoms with E-state index in [4.69, 9.17) is 24.8 Å². The summed E-state index contributed by atoms with van der Waals surface area (Å²) in [5, 5.41) is 14.2. The molecular formula is C29H33F7N6O4. The number of imidazole rings is 1. The van der Waals surface area contributed by atoms with Gasteiger partial charge in [-0.25, -0.2) is 28.9 Å². The Labute approximate surface area is 259 Å². The van der Waals surface area contributed by atoms with Gasteiger partial charge in [-0.15, -0.1) is 0 Å². The second kappa shape index (κ2) is 14.4. The number of alkyl halides is 6. The molecule has 10 nitrogen and oxygen atoms in total. The fourth-order valence-corrected chi connectivity index (χ4v) is 5.58. The van der Waals surface area contributed by atoms with Crippen molar-refractivity contribution in [3.05, 3.63) is 71.3 Å². The zero-order valence-electron chi connectivity index (χ0n) is 25.1. The molecule has 2 N–H and O–H groups in total. The van der Waals surface area contributed by atoms with E-state index in [1.165, 1.54) is 11.4 Å². The number of aliphatic carboxylic acids is 2. The standard InChI is InChI=1S/C25H31FN6.2C2HF3O2/c1-18(2)32-19(3)29-23-22(32)16-30(15-20-7-4-5-8-21(20)26)17-25(23)9-13-31(14-10-25)24-27-11-6-12-28-24;2*3-2(4,5)1(6)7/h4-8,11-12,18H,9-10,13-17H2,1-3H3;2*(H,6,7). The van der Waals surface area contributed by atoms with E-state index in [0.717, 1.165) is 56.4 Å². The van der Waals surface area contributed by atoms with Crippen LogP contribution in [0.3, 0.4) is 0 Å². The number of anilines is 1. The largest absolute Gasteiger partial charge is 0.490 e. The van der Waals surface area contributed by atoms with Gasteiger partial charge in [0.05, 0.1) is 11.4 Å². The molecule has 1 fully saturated rings. The molecule has 0 aliphatic carbocycles. The first kappa shape index (κ1) is 36.2. The molecule has 0 bridgehead atoms. The molecule has 2 aliphatic heterocycles. The molecule has 0 radical (unpaired) electrons. The molecule has 1 spiro atoms. The Kier molecular flexibility index (Phi) is 11.4. The fraction of sp³-hybridized carbons (Fsp3) is 0.483. The molecule has 4 heterocycles. The van der Waals surface area contributed by atoms with Crippen molar-refractivity contribution in [2.45, 2.75) is 70.5 Å². The van der Waals surface area contributed by atoms with Gasteiger partial charge in [0, 0.05) is 62.1 Å². The summed E-state index contributed by atoms with van der Waals surface area (Å²) in [6.07, 6.45) is -4.59. The highest BCUT2D eigenvalue weighted by molar-refractivity contribution is 5.73. The van der Waals surface area contributed by atoms with Crippen LogP contribution in [0.5, 0.6) is 0 Å². The number of carboxylic acids is 2. The second-order valence-corrected chi connectivity index (χ2v) is 11.1. The van der Waals surface area contributed by atoms with E-state index in [9.17, 15) is 30.7 Å². The molecule has 2 aliphatic rings. The van der Waals surface area contributed by atoms with Gasteiger partial charge >= 0.3 is 24.3 Å². The molecule has 252 valence electrons. The lowest BCUT2D eigenvalue weighted by molar-refractivity contribution is -0.193. The Morgan fingerprint density at radius 3 is 1.93 bits per heavy atom. The molecule has 0 amide bonds. The van der Waals surface area contributed by atoms with Crippen molar-refractivity contribution in [3.63, 3.8) is 0 Å². The van der Waals surface area contributed by atoms with Crippen molar-refractivity contribution in [1.82, 2.24) is 24.4 Å². The lowest BCUT2D eigenvalue weighted by Gasteiger charge is -2.47. The van der Waals surface area contributed by atoms with Crippen LogP contribution in [-0.2, 0) is 28.1 Å². The SMILES string of the molecule is Cc1nc2c(n1C(C)C)CN(Cc1ccccc1F)CC21CCN(c2ncccn2)CC1.O=C(O)C(F)(F)F.O=C(O)C(F)(F)F. The number of piperidine rings is 1. The van der Waals surface area contributed by atoms with Crippen LogP contribution < -0.4 is 4.90 Å². The van der Waals surface area contributed by atoms with Crippen LogP contribution in [0, 0.1) is 12.7 Å². The number of carboxylic acid groups (broad SMARTS) is 2. The predicted molar refractivity (Wildman–Crippen MR) is 150 cm³/mol. The summed E-state index contributed by atoms with van der Waals surface area (Å²) >= 11 is 0. The quantitative estimate of drug-likeness (QED) is 0.348. The number of rotatable bonds is 4. The number of halogens is 7. The molecule has 46 heavy (non-hydrogen) atoms. The average molecular weight is 663 g/mol. The summed E-state index contributed by atoms with van der Waals surface area (Å²) < 4.78 is 80.3. The van der Waals surface area contributed by atoms with Gasteiger partial charge in [0.1, 0.15) is 11.6 Å². The Morgan fingerprint density at radius 2 is 1.46 bits per heavy atom. The first-order valence-electron chi connectivity index (χ1n) is 14.0. The summed E-state index contributed by atoms with van der Waals surface area (Å²) in [6, 6.07) is 9.33. The van der Waals surface area contributed by atoms with Crippen LogP contribution in [0.25, 0.3) is 0 Å². The highest BCUT2D eigenvalue weighted by atomic mass is 19.4. The van der Waals surface area contributed by atoms with Crippen LogP contribution in [0.2, 0.25) is 0 Å². The highest BCUT2D eigenvalue weighted by Gasteiger charge is 2.46. The number of carbonyl (C=O) groups is 2. The zero-order chi connectivity index (χ0) is 34.4. The van der Waals surface area contributed by atoms with Crippen LogP contribution in [0.4, 0.5) is 36.7 Å². The molecule has 0 saturated carbocycles. The maximum atomic E-state index is 14.5. The molecule has 3 aromatic rings. The van der Waals surface area contributed by atoms with Gasteiger partial charge in [0.25, 0.3) is 0 Å². The Bertz CT molecular complexity index is 1460. The smallest absolute Gasteiger partial charge is 0.475 e. The van der Waals surface area contributed by atoms with Crippen molar-refractivity contribution < 1.29 is 50.5 Å². The average Bonchev–Trinajstić information content (AvgIpc) is 3.32. The van der Waals surface area contributed by atoms with Gasteiger partial charge in [-0.3, -0.25) is 4.90 Å². The molecule has 17 heteroatoms. The lowest BCUT2D eigenvalue weighted by atomic mass is 9.72. The van der Waals surface area contributed by atoms with Crippen LogP contribution in [-0.4, -0.2) is 78.6 Å². The third-order valence-electron chi connectivity index (χ3n) is 7.50. The van der Waals surface area contributed by atoms with Gasteiger partial charge in [-0.05, 0) is 45.7 Å². The second-order valence-electron chi connectivity index (χ2n) is 11.1. The van der Waals surface area contributed by atoms with Crippen molar-refractivity contribution in [1.29, 1.82) is 0 Å². The fourth-order valence-electron chi connectivity index (χ4n) is 5.58. The summed E-state index contributed by atoms with van der Waals surface area (Å²) in [4.78, 5) is 36.5. The van der Waals surface area contributed by atoms with E-state index < -0.39 is 24.3 Å². The van der Waals surface area contributed by atoms with Crippen molar-refractivity contribution >= 4 is 17.9 Å². The normalized spacial score (nSPS) is 16.2. The number of nitrogens with zero attached hydrogens (tertiary/aromatic N) is 6. The maximum absolute atomic E-state index is 14.5. The summed E-state index contributed by atoms with van der Waals surface area (Å²) in [5.74, 6) is -3.77. The minimum atomic E-state index is -5.08. The maximum Gasteiger partial charge on any atom is 0.490 e. The minimum Gasteiger partial charge on any atom is -0.475 e. The predicted octanol–water partition coefficient (Wildman–Crippen LogP) is 5.52. The number of hydrogen-bond acceptors (Lipinski definition) is 7. The molecule has 1 saturated heterocycles. The van der Waals surface area contributed by atoms with Gasteiger partial charge in [-0.1, -0.05) is 18.2 Å². The van der Waals surface area contributed by atoms with Crippen molar-refractivity contribution in [2.24, 2.45) is 0 Å². The summed E-state index contributed by atoms with van der Waals surface area (Å²) in [5.41, 5.74) is 3.27. The first-order valence-corrected chi connectivity index (χ1v) is 14.0. The molecule has 1 aromatic carbocycles. The molecule has 5 rings (SSSR count). The van der Waals surface area contributed by atoms with E-state index in [2.05, 4.69) is 45.1 Å². The number of aromatic nitrogens is 4. The molecular weight excluding hydrogens is 629 g/mol. The van der Waals surface area contributed by atoms with Crippen LogP contribution in [0.1, 0.15) is 55.5 Å². The number of aryl methyl sites for hydroxylation is 1. The highest BCUT2D eigenvalue weighted by Crippen LogP contribution is 2.43. The van der Waals surface area contributed by atoms with Crippen LogP contribution >= 0.6 is 0 Å². The Hall–Kier alpha value is -4.28. The number of benzene rings is 1. The van der Waals surface area contributed by atoms with E-state index in [0.29, 0.717) is 12.6 Å². The van der Waals surface area contributed by atoms with Gasteiger partial charge in [0.2, 0.25) is 5.95 Å². The third kappa shape index (κ3) is 8.92. The molecule has 2 aromatic heterocycles. The van der Waals surface area contributed by atoms with E-state index in [1.807, 2.05) is 18.2 Å². The first-order chi connectivity index (χ1) is 21.4. The minimum absolute atomic E-state index is 0.0327. The van der Waals surface area contributed by atoms with Gasteiger partial charge in [0.15, 0.2) is 0 Å². The molecule has 0 atom stereocenters. The van der Waals surface area contributed by atoms with Gasteiger partial charge in [-0.2, -0.15) is 26.3 Å². The Balaban J connectivity index is 0.000000345. The summed E-state index contributed by atoms with van der Waals surface area (Å²) in [6.45, 7) is 10.6. The van der Waals surface area contributed by atoms with Gasteiger partial charge < -0.3 is 19.7 Å². The van der Waals surface area contributed by atoms with E-state index in [-0.39, 0.29) is 11.2 Å². The third-order valence-corrected chi connectivity index (χ3v) is 7.50. The zero-order valence-corrected chi connectivity index (χ0v) is 25.1. The van der Waals surface area contributed by atoms with Crippen LogP contribution in [0.15, 0.2) is 42.7 Å². The summed E-state index contributed by atoms with van der Waals surface area (Å²) in [7, 11) is 0. The van der Waals surface area contributed by atoms with Crippen molar-refractivity contribution in [2.75, 3.05) is 24.5 Å². The number of hydrogen-bond donors (Lipinski definition) is 2. The van der Waals surface area contributed by atoms with E-state index in [1.54, 1.807) is 24.5 Å². The topological polar surface area (TPSA) is 125 Å². The Morgan fingerprint density at radius 1 is 0.935 bits per heavy atom. The number of fused-ring (bicyclic) bond motifs is 2. The lowest BCUT2D eigenvalue weighted by Crippen LogP contribution is -2.52. The monoisotopic (exact) mass is 662 g/mol. The van der Waals surface area contributed by atoms with E-state index >= 15 is 0 Å². The molecule has 0 unspecified atom stereocenters. The van der Waals surface area contributed by atoms with Crippen molar-refractivity contribution in [3.8, 4) is 0 Å².